The lowest BCUT2D eigenvalue weighted by Crippen LogP contribution is -2.53. The van der Waals surface area contributed by atoms with Gasteiger partial charge in [0.05, 0.1) is 0 Å². The van der Waals surface area contributed by atoms with Crippen molar-refractivity contribution in [2.45, 2.75) is 24.9 Å². The summed E-state index contributed by atoms with van der Waals surface area (Å²) < 4.78 is 0. The van der Waals surface area contributed by atoms with Gasteiger partial charge < -0.3 is 16.2 Å². The van der Waals surface area contributed by atoms with Crippen molar-refractivity contribution >= 4 is 11.9 Å². The van der Waals surface area contributed by atoms with Crippen molar-refractivity contribution in [1.82, 2.24) is 5.32 Å². The molecule has 4 N–H and O–H groups in total. The van der Waals surface area contributed by atoms with Crippen LogP contribution in [0.15, 0.2) is 30.3 Å². The number of benzene rings is 1. The van der Waals surface area contributed by atoms with Crippen LogP contribution in [0.4, 0.5) is 0 Å². The number of hydrogen-bond acceptors (Lipinski definition) is 3. The minimum Gasteiger partial charge on any atom is -0.480 e. The number of hydrogen-bond donors (Lipinski definition) is 3. The first-order valence-corrected chi connectivity index (χ1v) is 5.71. The third-order valence-electron chi connectivity index (χ3n) is 2.77. The molecule has 0 aromatic heterocycles. The first-order valence-electron chi connectivity index (χ1n) is 5.71. The van der Waals surface area contributed by atoms with Crippen LogP contribution in [0.5, 0.6) is 0 Å². The Labute approximate surface area is 111 Å². The first-order chi connectivity index (χ1) is 8.89. The molecule has 0 fully saturated rings. The largest absolute Gasteiger partial charge is 0.480 e. The lowest BCUT2D eigenvalue weighted by atomic mass is 9.92. The highest BCUT2D eigenvalue weighted by molar-refractivity contribution is 5.90. The normalized spacial score (nSPS) is 14.8. The van der Waals surface area contributed by atoms with E-state index in [0.29, 0.717) is 5.56 Å². The van der Waals surface area contributed by atoms with E-state index in [9.17, 15) is 9.59 Å². The summed E-state index contributed by atoms with van der Waals surface area (Å²) >= 11 is 0. The zero-order valence-electron chi connectivity index (χ0n) is 10.6. The van der Waals surface area contributed by atoms with Crippen LogP contribution in [-0.4, -0.2) is 23.0 Å². The summed E-state index contributed by atoms with van der Waals surface area (Å²) in [6.45, 7) is 1.52. The van der Waals surface area contributed by atoms with Crippen LogP contribution in [0.25, 0.3) is 0 Å². The highest BCUT2D eigenvalue weighted by Gasteiger charge is 2.33. The van der Waals surface area contributed by atoms with Gasteiger partial charge in [-0.25, -0.2) is 4.79 Å². The van der Waals surface area contributed by atoms with Gasteiger partial charge in [-0.1, -0.05) is 30.3 Å². The molecule has 0 radical (unpaired) electrons. The van der Waals surface area contributed by atoms with E-state index in [4.69, 9.17) is 17.3 Å². The molecule has 5 nitrogen and oxygen atoms in total. The topological polar surface area (TPSA) is 92.4 Å². The molecule has 5 heteroatoms. The van der Waals surface area contributed by atoms with Crippen molar-refractivity contribution in [3.63, 3.8) is 0 Å². The third-order valence-corrected chi connectivity index (χ3v) is 2.77. The van der Waals surface area contributed by atoms with Crippen LogP contribution in [0.1, 0.15) is 18.9 Å². The van der Waals surface area contributed by atoms with Crippen LogP contribution in [0, 0.1) is 12.3 Å². The number of nitrogens with one attached hydrogen (secondary N) is 1. The van der Waals surface area contributed by atoms with Gasteiger partial charge in [-0.15, -0.1) is 12.3 Å². The standard InChI is InChI=1S/C14H16N2O3/c1-3-7-11(12(17)18)16-13(19)14(2,15)10-8-5-4-6-9-10/h1,4-6,8-9,11H,7,15H2,2H3,(H,16,19)(H,17,18). The van der Waals surface area contributed by atoms with Gasteiger partial charge in [-0.2, -0.15) is 0 Å². The molecular formula is C14H16N2O3. The Morgan fingerprint density at radius 2 is 2.05 bits per heavy atom. The van der Waals surface area contributed by atoms with Crippen molar-refractivity contribution in [1.29, 1.82) is 0 Å². The number of rotatable bonds is 5. The van der Waals surface area contributed by atoms with Gasteiger partial charge >= 0.3 is 5.97 Å². The van der Waals surface area contributed by atoms with Crippen molar-refractivity contribution in [2.24, 2.45) is 5.73 Å². The molecule has 0 saturated carbocycles. The Kier molecular flexibility index (Phi) is 4.67. The maximum absolute atomic E-state index is 12.1. The van der Waals surface area contributed by atoms with Gasteiger partial charge in [-0.3, -0.25) is 4.79 Å². The Bertz CT molecular complexity index is 503. The number of carbonyl (C=O) groups is 2. The highest BCUT2D eigenvalue weighted by atomic mass is 16.4. The predicted octanol–water partition coefficient (Wildman–Crippen LogP) is 0.453. The van der Waals surface area contributed by atoms with E-state index in [0.717, 1.165) is 0 Å². The van der Waals surface area contributed by atoms with Crippen LogP contribution >= 0.6 is 0 Å². The molecule has 2 unspecified atom stereocenters. The first kappa shape index (κ1) is 14.7. The summed E-state index contributed by atoms with van der Waals surface area (Å²) in [4.78, 5) is 23.0. The maximum Gasteiger partial charge on any atom is 0.327 e. The molecule has 0 heterocycles. The molecule has 0 bridgehead atoms. The molecule has 2 atom stereocenters. The lowest BCUT2D eigenvalue weighted by molar-refractivity contribution is -0.142. The van der Waals surface area contributed by atoms with Crippen LogP contribution < -0.4 is 11.1 Å². The van der Waals surface area contributed by atoms with Gasteiger partial charge in [-0.05, 0) is 12.5 Å². The Balaban J connectivity index is 2.88. The predicted molar refractivity (Wildman–Crippen MR) is 71.0 cm³/mol. The van der Waals surface area contributed by atoms with Crippen molar-refractivity contribution in [2.75, 3.05) is 0 Å². The summed E-state index contributed by atoms with van der Waals surface area (Å²) in [6.07, 6.45) is 4.98. The smallest absolute Gasteiger partial charge is 0.327 e. The van der Waals surface area contributed by atoms with Gasteiger partial charge in [0.2, 0.25) is 5.91 Å². The molecule has 0 saturated heterocycles. The molecule has 0 aliphatic heterocycles. The van der Waals surface area contributed by atoms with E-state index in [1.807, 2.05) is 0 Å². The average molecular weight is 260 g/mol. The maximum atomic E-state index is 12.1. The number of carbonyl (C=O) groups excluding carboxylic acids is 1. The molecular weight excluding hydrogens is 244 g/mol. The number of nitrogens with two attached hydrogens (primary N) is 1. The highest BCUT2D eigenvalue weighted by Crippen LogP contribution is 2.17. The monoisotopic (exact) mass is 260 g/mol. The summed E-state index contributed by atoms with van der Waals surface area (Å²) in [5.74, 6) is 0.442. The Hall–Kier alpha value is -2.32. The van der Waals surface area contributed by atoms with Gasteiger partial charge in [0.15, 0.2) is 0 Å². The fraction of sp³-hybridized carbons (Fsp3) is 0.286. The molecule has 0 spiro atoms. The van der Waals surface area contributed by atoms with Gasteiger partial charge in [0, 0.05) is 6.42 Å². The van der Waals surface area contributed by atoms with E-state index in [1.54, 1.807) is 30.3 Å². The molecule has 19 heavy (non-hydrogen) atoms. The third kappa shape index (κ3) is 3.57. The Morgan fingerprint density at radius 3 is 2.53 bits per heavy atom. The van der Waals surface area contributed by atoms with Crippen LogP contribution in [-0.2, 0) is 15.1 Å². The summed E-state index contributed by atoms with van der Waals surface area (Å²) in [5.41, 5.74) is 5.25. The zero-order chi connectivity index (χ0) is 14.5. The second-order valence-electron chi connectivity index (χ2n) is 4.34. The Morgan fingerprint density at radius 1 is 1.47 bits per heavy atom. The summed E-state index contributed by atoms with van der Waals surface area (Å²) in [5, 5.41) is 11.3. The fourth-order valence-electron chi connectivity index (χ4n) is 1.54. The number of amides is 1. The lowest BCUT2D eigenvalue weighted by Gasteiger charge is -2.25. The molecule has 0 aliphatic carbocycles. The number of carboxylic acids is 1. The van der Waals surface area contributed by atoms with Crippen molar-refractivity contribution < 1.29 is 14.7 Å². The zero-order valence-corrected chi connectivity index (χ0v) is 10.6. The van der Waals surface area contributed by atoms with E-state index in [2.05, 4.69) is 11.2 Å². The fourth-order valence-corrected chi connectivity index (χ4v) is 1.54. The van der Waals surface area contributed by atoms with E-state index >= 15 is 0 Å². The van der Waals surface area contributed by atoms with E-state index in [-0.39, 0.29) is 6.42 Å². The SMILES string of the molecule is C#CCC(NC(=O)C(C)(N)c1ccccc1)C(=O)O. The molecule has 1 aromatic carbocycles. The van der Waals surface area contributed by atoms with Crippen molar-refractivity contribution in [3.05, 3.63) is 35.9 Å². The minimum atomic E-state index is -1.32. The summed E-state index contributed by atoms with van der Waals surface area (Å²) in [7, 11) is 0. The average Bonchev–Trinajstić information content (AvgIpc) is 2.38. The quantitative estimate of drug-likeness (QED) is 0.670. The second kappa shape index (κ2) is 6.03. The molecule has 1 amide bonds. The molecule has 100 valence electrons. The van der Waals surface area contributed by atoms with E-state index < -0.39 is 23.5 Å². The molecule has 1 rings (SSSR count). The second-order valence-corrected chi connectivity index (χ2v) is 4.34. The van der Waals surface area contributed by atoms with Gasteiger partial charge in [0.25, 0.3) is 0 Å². The minimum absolute atomic E-state index is 0.0913. The molecule has 1 aromatic rings. The number of carboxylic acid groups (broad SMARTS) is 1. The van der Waals surface area contributed by atoms with E-state index in [1.165, 1.54) is 6.92 Å². The van der Waals surface area contributed by atoms with Gasteiger partial charge in [0.1, 0.15) is 11.6 Å². The number of terminal acetylenes is 1. The van der Waals surface area contributed by atoms with Crippen LogP contribution in [0.3, 0.4) is 0 Å². The number of aliphatic carboxylic acids is 1. The van der Waals surface area contributed by atoms with Crippen LogP contribution in [0.2, 0.25) is 0 Å². The molecule has 0 aliphatic rings. The summed E-state index contributed by atoms with van der Waals surface area (Å²) in [6, 6.07) is 7.58. The van der Waals surface area contributed by atoms with Crippen molar-refractivity contribution in [3.8, 4) is 12.3 Å².